The lowest BCUT2D eigenvalue weighted by molar-refractivity contribution is 0.352. The van der Waals surface area contributed by atoms with E-state index in [0.717, 1.165) is 36.8 Å². The summed E-state index contributed by atoms with van der Waals surface area (Å²) in [7, 11) is 0. The lowest BCUT2D eigenvalue weighted by Gasteiger charge is -2.25. The van der Waals surface area contributed by atoms with Gasteiger partial charge in [-0.05, 0) is 42.2 Å². The zero-order chi connectivity index (χ0) is 17.8. The molecule has 1 aliphatic heterocycles. The molecule has 1 aliphatic rings. The van der Waals surface area contributed by atoms with Crippen molar-refractivity contribution in [1.29, 1.82) is 0 Å². The molecule has 0 amide bonds. The Labute approximate surface area is 152 Å². The minimum atomic E-state index is -0.607. The summed E-state index contributed by atoms with van der Waals surface area (Å²) < 4.78 is 26.9. The van der Waals surface area contributed by atoms with Crippen LogP contribution in [0, 0.1) is 11.6 Å². The topological polar surface area (TPSA) is 3.24 Å². The molecular formula is C21H22ClF2N. The van der Waals surface area contributed by atoms with Crippen LogP contribution in [0.4, 0.5) is 8.78 Å². The van der Waals surface area contributed by atoms with Gasteiger partial charge in [0.1, 0.15) is 11.6 Å². The highest BCUT2D eigenvalue weighted by Crippen LogP contribution is 2.30. The predicted octanol–water partition coefficient (Wildman–Crippen LogP) is 6.22. The maximum absolute atomic E-state index is 13.4. The van der Waals surface area contributed by atoms with Crippen LogP contribution in [0.25, 0.3) is 11.1 Å². The van der Waals surface area contributed by atoms with Crippen molar-refractivity contribution in [1.82, 2.24) is 4.90 Å². The largest absolute Gasteiger partial charge is 0.375 e. The molecule has 132 valence electrons. The fourth-order valence-electron chi connectivity index (χ4n) is 3.35. The number of hydrogen-bond donors (Lipinski definition) is 0. The van der Waals surface area contributed by atoms with E-state index in [1.54, 1.807) is 0 Å². The number of likely N-dealkylation sites (tertiary alicyclic amines) is 1. The lowest BCUT2D eigenvalue weighted by Crippen LogP contribution is -2.24. The Morgan fingerprint density at radius 2 is 1.60 bits per heavy atom. The highest BCUT2D eigenvalue weighted by atomic mass is 35.5. The Balaban J connectivity index is 1.76. The van der Waals surface area contributed by atoms with Gasteiger partial charge in [0, 0.05) is 41.9 Å². The van der Waals surface area contributed by atoms with Crippen molar-refractivity contribution in [3.63, 3.8) is 0 Å². The zero-order valence-electron chi connectivity index (χ0n) is 14.2. The molecule has 0 unspecified atom stereocenters. The van der Waals surface area contributed by atoms with Gasteiger partial charge in [-0.3, -0.25) is 0 Å². The van der Waals surface area contributed by atoms with Crippen LogP contribution in [0.3, 0.4) is 0 Å². The van der Waals surface area contributed by atoms with Crippen LogP contribution in [0.5, 0.6) is 0 Å². The molecule has 3 rings (SSSR count). The minimum Gasteiger partial charge on any atom is -0.375 e. The second kappa shape index (κ2) is 8.01. The van der Waals surface area contributed by atoms with E-state index in [1.165, 1.54) is 37.8 Å². The standard InChI is InChI=1S/C21H22ClF2N/c1-15(25-8-4-2-3-5-9-25)10-16-6-7-20(21(22)11-16)17-12-18(23)14-19(24)13-17/h6-7,11-14H,1-5,8-10H2. The van der Waals surface area contributed by atoms with Gasteiger partial charge in [0.2, 0.25) is 0 Å². The molecule has 1 fully saturated rings. The molecule has 0 spiro atoms. The summed E-state index contributed by atoms with van der Waals surface area (Å²) in [4.78, 5) is 2.36. The van der Waals surface area contributed by atoms with Crippen LogP contribution >= 0.6 is 11.6 Å². The SMILES string of the molecule is C=C(Cc1ccc(-c2cc(F)cc(F)c2)c(Cl)c1)N1CCCCCC1. The summed E-state index contributed by atoms with van der Waals surface area (Å²) in [6, 6.07) is 9.08. The second-order valence-electron chi connectivity index (χ2n) is 6.62. The number of rotatable bonds is 4. The van der Waals surface area contributed by atoms with E-state index in [0.29, 0.717) is 16.1 Å². The number of halogens is 3. The van der Waals surface area contributed by atoms with Gasteiger partial charge in [-0.15, -0.1) is 0 Å². The number of allylic oxidation sites excluding steroid dienone is 1. The summed E-state index contributed by atoms with van der Waals surface area (Å²) in [5.74, 6) is -1.21. The molecule has 2 aromatic rings. The summed E-state index contributed by atoms with van der Waals surface area (Å²) in [6.45, 7) is 6.36. The third kappa shape index (κ3) is 4.60. The highest BCUT2D eigenvalue weighted by Gasteiger charge is 2.13. The Kier molecular flexibility index (Phi) is 5.74. The summed E-state index contributed by atoms with van der Waals surface area (Å²) >= 11 is 6.38. The molecule has 0 aliphatic carbocycles. The monoisotopic (exact) mass is 361 g/mol. The molecule has 0 saturated carbocycles. The number of hydrogen-bond acceptors (Lipinski definition) is 1. The van der Waals surface area contributed by atoms with E-state index in [-0.39, 0.29) is 0 Å². The van der Waals surface area contributed by atoms with Gasteiger partial charge < -0.3 is 4.90 Å². The summed E-state index contributed by atoms with van der Waals surface area (Å²) in [5.41, 5.74) is 3.23. The molecule has 0 N–H and O–H groups in total. The van der Waals surface area contributed by atoms with Gasteiger partial charge in [0.15, 0.2) is 0 Å². The van der Waals surface area contributed by atoms with Crippen molar-refractivity contribution in [2.75, 3.05) is 13.1 Å². The van der Waals surface area contributed by atoms with Gasteiger partial charge in [-0.25, -0.2) is 8.78 Å². The van der Waals surface area contributed by atoms with Crippen molar-refractivity contribution in [3.8, 4) is 11.1 Å². The van der Waals surface area contributed by atoms with Crippen LogP contribution in [-0.4, -0.2) is 18.0 Å². The minimum absolute atomic E-state index is 0.445. The van der Waals surface area contributed by atoms with Crippen molar-refractivity contribution in [2.45, 2.75) is 32.1 Å². The Morgan fingerprint density at radius 3 is 2.20 bits per heavy atom. The first-order chi connectivity index (χ1) is 12.0. The first kappa shape index (κ1) is 17.9. The van der Waals surface area contributed by atoms with Crippen LogP contribution < -0.4 is 0 Å². The van der Waals surface area contributed by atoms with E-state index in [1.807, 2.05) is 18.2 Å². The normalized spacial score (nSPS) is 15.1. The predicted molar refractivity (Wildman–Crippen MR) is 99.7 cm³/mol. The second-order valence-corrected chi connectivity index (χ2v) is 7.02. The van der Waals surface area contributed by atoms with Gasteiger partial charge in [0.25, 0.3) is 0 Å². The molecule has 0 atom stereocenters. The number of benzene rings is 2. The van der Waals surface area contributed by atoms with Crippen LogP contribution in [0.15, 0.2) is 48.7 Å². The molecule has 4 heteroatoms. The van der Waals surface area contributed by atoms with Gasteiger partial charge in [0.05, 0.1) is 0 Å². The maximum Gasteiger partial charge on any atom is 0.126 e. The zero-order valence-corrected chi connectivity index (χ0v) is 15.0. The van der Waals surface area contributed by atoms with Crippen molar-refractivity contribution < 1.29 is 8.78 Å². The van der Waals surface area contributed by atoms with E-state index in [4.69, 9.17) is 11.6 Å². The van der Waals surface area contributed by atoms with Crippen molar-refractivity contribution >= 4 is 11.6 Å². The van der Waals surface area contributed by atoms with Gasteiger partial charge in [-0.2, -0.15) is 0 Å². The molecule has 1 heterocycles. The Bertz CT molecular complexity index is 744. The molecule has 1 nitrogen and oxygen atoms in total. The third-order valence-corrected chi connectivity index (χ3v) is 4.98. The molecule has 25 heavy (non-hydrogen) atoms. The molecular weight excluding hydrogens is 340 g/mol. The average molecular weight is 362 g/mol. The van der Waals surface area contributed by atoms with Crippen LogP contribution in [0.1, 0.15) is 31.2 Å². The molecule has 1 saturated heterocycles. The molecule has 0 aromatic heterocycles. The third-order valence-electron chi connectivity index (χ3n) is 4.67. The lowest BCUT2D eigenvalue weighted by atomic mass is 10.0. The Morgan fingerprint density at radius 1 is 0.960 bits per heavy atom. The van der Waals surface area contributed by atoms with Crippen molar-refractivity contribution in [2.24, 2.45) is 0 Å². The smallest absolute Gasteiger partial charge is 0.126 e. The summed E-state index contributed by atoms with van der Waals surface area (Å²) in [5, 5.41) is 0.492. The first-order valence-corrected chi connectivity index (χ1v) is 9.08. The highest BCUT2D eigenvalue weighted by molar-refractivity contribution is 6.33. The van der Waals surface area contributed by atoms with E-state index in [9.17, 15) is 8.78 Å². The quantitative estimate of drug-likeness (QED) is 0.625. The Hall–Kier alpha value is -1.87. The molecule has 0 bridgehead atoms. The number of nitrogens with zero attached hydrogens (tertiary/aromatic N) is 1. The molecule has 0 radical (unpaired) electrons. The van der Waals surface area contributed by atoms with E-state index < -0.39 is 11.6 Å². The van der Waals surface area contributed by atoms with Crippen LogP contribution in [-0.2, 0) is 6.42 Å². The van der Waals surface area contributed by atoms with Crippen molar-refractivity contribution in [3.05, 3.63) is 70.9 Å². The van der Waals surface area contributed by atoms with Gasteiger partial charge in [-0.1, -0.05) is 43.2 Å². The fourth-order valence-corrected chi connectivity index (χ4v) is 3.66. The van der Waals surface area contributed by atoms with Crippen LogP contribution in [0.2, 0.25) is 5.02 Å². The fraction of sp³-hybridized carbons (Fsp3) is 0.333. The van der Waals surface area contributed by atoms with E-state index >= 15 is 0 Å². The first-order valence-electron chi connectivity index (χ1n) is 8.70. The van der Waals surface area contributed by atoms with Gasteiger partial charge >= 0.3 is 0 Å². The average Bonchev–Trinajstić information content (AvgIpc) is 2.83. The summed E-state index contributed by atoms with van der Waals surface area (Å²) in [6.07, 6.45) is 5.73. The maximum atomic E-state index is 13.4. The molecule has 2 aromatic carbocycles. The van der Waals surface area contributed by atoms with E-state index in [2.05, 4.69) is 11.5 Å².